The van der Waals surface area contributed by atoms with E-state index in [1.807, 2.05) is 54.6 Å². The third kappa shape index (κ3) is 7.90. The number of carbonyl (C=O) groups is 1. The van der Waals surface area contributed by atoms with Gasteiger partial charge in [-0.05, 0) is 55.3 Å². The molecule has 0 aliphatic carbocycles. The summed E-state index contributed by atoms with van der Waals surface area (Å²) in [6.45, 7) is 2.56. The maximum Gasteiger partial charge on any atom is 0.264 e. The average Bonchev–Trinajstić information content (AvgIpc) is 3.34. The molecule has 8 nitrogen and oxygen atoms in total. The molecule has 0 saturated carbocycles. The lowest BCUT2D eigenvalue weighted by atomic mass is 10.1. The van der Waals surface area contributed by atoms with Crippen molar-refractivity contribution in [2.75, 3.05) is 17.7 Å². The van der Waals surface area contributed by atoms with Crippen LogP contribution in [-0.4, -0.2) is 42.1 Å². The zero-order valence-corrected chi connectivity index (χ0v) is 22.1. The first-order chi connectivity index (χ1) is 18.3. The average molecular weight is 537 g/mol. The Kier molecular flexibility index (Phi) is 9.15. The molecule has 0 fully saturated rings. The Morgan fingerprint density at radius 1 is 1.08 bits per heavy atom. The normalized spacial score (nSPS) is 12.4. The Morgan fingerprint density at radius 2 is 1.87 bits per heavy atom. The summed E-state index contributed by atoms with van der Waals surface area (Å²) in [5.41, 5.74) is 3.07. The molecule has 9 heteroatoms. The van der Waals surface area contributed by atoms with Gasteiger partial charge < -0.3 is 14.5 Å². The lowest BCUT2D eigenvalue weighted by molar-refractivity contribution is 0.0982. The molecule has 2 N–H and O–H groups in total. The number of nitrogens with one attached hydrogen (secondary N) is 1. The standard InChI is InChI=1S/C29H32N2O6S/c1-2-3-8-25(31-24-14-11-21(12-15-24)26(32)9-6-17-38(33,34)35)20-36-29-16-13-23(19-30-29)28-18-22-7-4-5-10-27(22)37-28/h4-5,7,10-16,18-19,25,31H,2-3,6,8-9,17,20H2,1H3,(H,33,34,35)/t25-/m0/s1. The molecule has 0 bridgehead atoms. The molecule has 0 unspecified atom stereocenters. The lowest BCUT2D eigenvalue weighted by Gasteiger charge is -2.20. The van der Waals surface area contributed by atoms with Crippen molar-refractivity contribution in [3.63, 3.8) is 0 Å². The smallest absolute Gasteiger partial charge is 0.264 e. The van der Waals surface area contributed by atoms with Gasteiger partial charge in [-0.25, -0.2) is 4.98 Å². The molecular formula is C29H32N2O6S. The van der Waals surface area contributed by atoms with Crippen molar-refractivity contribution in [3.8, 4) is 17.2 Å². The van der Waals surface area contributed by atoms with Gasteiger partial charge in [-0.15, -0.1) is 0 Å². The van der Waals surface area contributed by atoms with Gasteiger partial charge in [0.1, 0.15) is 18.0 Å². The number of hydrogen-bond acceptors (Lipinski definition) is 7. The lowest BCUT2D eigenvalue weighted by Crippen LogP contribution is -2.27. The largest absolute Gasteiger partial charge is 0.475 e. The Hall–Kier alpha value is -3.69. The molecule has 4 aromatic rings. The molecule has 2 heterocycles. The summed E-state index contributed by atoms with van der Waals surface area (Å²) >= 11 is 0. The van der Waals surface area contributed by atoms with E-state index in [2.05, 4.69) is 17.2 Å². The van der Waals surface area contributed by atoms with E-state index < -0.39 is 15.9 Å². The van der Waals surface area contributed by atoms with Crippen molar-refractivity contribution in [2.45, 2.75) is 45.1 Å². The van der Waals surface area contributed by atoms with Crippen LogP contribution in [0.15, 0.2) is 77.3 Å². The zero-order valence-electron chi connectivity index (χ0n) is 21.3. The van der Waals surface area contributed by atoms with Crippen LogP contribution in [0.1, 0.15) is 49.4 Å². The van der Waals surface area contributed by atoms with E-state index in [1.165, 1.54) is 0 Å². The maximum absolute atomic E-state index is 12.3. The summed E-state index contributed by atoms with van der Waals surface area (Å²) in [6, 6.07) is 20.8. The topological polar surface area (TPSA) is 119 Å². The third-order valence-corrected chi connectivity index (χ3v) is 6.97. The molecule has 0 aliphatic rings. The van der Waals surface area contributed by atoms with Gasteiger partial charge in [-0.3, -0.25) is 9.35 Å². The summed E-state index contributed by atoms with van der Waals surface area (Å²) < 4.78 is 42.4. The second kappa shape index (κ2) is 12.7. The number of ether oxygens (including phenoxy) is 1. The number of pyridine rings is 1. The molecule has 2 aromatic carbocycles. The monoisotopic (exact) mass is 536 g/mol. The number of furan rings is 1. The van der Waals surface area contributed by atoms with Crippen LogP contribution < -0.4 is 10.1 Å². The Balaban J connectivity index is 1.33. The summed E-state index contributed by atoms with van der Waals surface area (Å²) in [7, 11) is -4.06. The molecule has 4 rings (SSSR count). The third-order valence-electron chi connectivity index (χ3n) is 6.17. The van der Waals surface area contributed by atoms with Crippen molar-refractivity contribution in [3.05, 3.63) is 78.5 Å². The number of unbranched alkanes of at least 4 members (excludes halogenated alkanes) is 1. The van der Waals surface area contributed by atoms with E-state index in [0.717, 1.165) is 47.2 Å². The number of anilines is 1. The van der Waals surface area contributed by atoms with Crippen LogP contribution in [0.2, 0.25) is 0 Å². The fourth-order valence-corrected chi connectivity index (χ4v) is 4.63. The maximum atomic E-state index is 12.3. The van der Waals surface area contributed by atoms with Gasteiger partial charge in [-0.2, -0.15) is 8.42 Å². The number of aromatic nitrogens is 1. The minimum atomic E-state index is -4.06. The highest BCUT2D eigenvalue weighted by Crippen LogP contribution is 2.28. The number of benzene rings is 2. The van der Waals surface area contributed by atoms with Crippen LogP contribution in [0.25, 0.3) is 22.3 Å². The number of Topliss-reactive ketones (excluding diaryl/α,β-unsaturated/α-hetero) is 1. The number of hydrogen-bond donors (Lipinski definition) is 2. The number of carbonyl (C=O) groups excluding carboxylic acids is 1. The fraction of sp³-hybridized carbons (Fsp3) is 0.310. The quantitative estimate of drug-likeness (QED) is 0.140. The van der Waals surface area contributed by atoms with Gasteiger partial charge in [-0.1, -0.05) is 38.0 Å². The van der Waals surface area contributed by atoms with E-state index in [4.69, 9.17) is 13.7 Å². The molecule has 0 aliphatic heterocycles. The molecule has 200 valence electrons. The van der Waals surface area contributed by atoms with Crippen LogP contribution in [0.3, 0.4) is 0 Å². The highest BCUT2D eigenvalue weighted by molar-refractivity contribution is 7.85. The van der Waals surface area contributed by atoms with Crippen molar-refractivity contribution in [1.29, 1.82) is 0 Å². The fourth-order valence-electron chi connectivity index (χ4n) is 4.12. The van der Waals surface area contributed by atoms with Crippen molar-refractivity contribution < 1.29 is 26.9 Å². The molecule has 38 heavy (non-hydrogen) atoms. The van der Waals surface area contributed by atoms with Gasteiger partial charge in [0, 0.05) is 40.9 Å². The summed E-state index contributed by atoms with van der Waals surface area (Å²) in [6.07, 6.45) is 4.88. The Labute approximate surface area is 222 Å². The second-order valence-electron chi connectivity index (χ2n) is 9.22. The van der Waals surface area contributed by atoms with E-state index in [9.17, 15) is 13.2 Å². The summed E-state index contributed by atoms with van der Waals surface area (Å²) in [5.74, 6) is 0.699. The van der Waals surface area contributed by atoms with Crippen LogP contribution in [0.4, 0.5) is 5.69 Å². The van der Waals surface area contributed by atoms with E-state index in [0.29, 0.717) is 18.1 Å². The zero-order chi connectivity index (χ0) is 27.0. The number of nitrogens with zero attached hydrogens (tertiary/aromatic N) is 1. The van der Waals surface area contributed by atoms with Crippen LogP contribution in [-0.2, 0) is 10.1 Å². The highest BCUT2D eigenvalue weighted by Gasteiger charge is 2.13. The van der Waals surface area contributed by atoms with Crippen LogP contribution in [0.5, 0.6) is 5.88 Å². The van der Waals surface area contributed by atoms with Crippen molar-refractivity contribution in [1.82, 2.24) is 4.98 Å². The molecule has 0 radical (unpaired) electrons. The van der Waals surface area contributed by atoms with Gasteiger partial charge in [0.05, 0.1) is 11.8 Å². The molecule has 0 amide bonds. The van der Waals surface area contributed by atoms with E-state index >= 15 is 0 Å². The van der Waals surface area contributed by atoms with Crippen molar-refractivity contribution in [2.24, 2.45) is 0 Å². The predicted octanol–water partition coefficient (Wildman–Crippen LogP) is 6.40. The number of fused-ring (bicyclic) bond motifs is 1. The molecule has 0 saturated heterocycles. The first-order valence-electron chi connectivity index (χ1n) is 12.7. The molecule has 0 spiro atoms. The number of rotatable bonds is 14. The van der Waals surface area contributed by atoms with Gasteiger partial charge in [0.2, 0.25) is 5.88 Å². The minimum absolute atomic E-state index is 0.0445. The SMILES string of the molecule is CCCC[C@@H](COc1ccc(-c2cc3ccccc3o2)cn1)Nc1ccc(C(=O)CCCS(=O)(=O)O)cc1. The number of ketones is 1. The highest BCUT2D eigenvalue weighted by atomic mass is 32.2. The predicted molar refractivity (Wildman–Crippen MR) is 148 cm³/mol. The molecular weight excluding hydrogens is 504 g/mol. The summed E-state index contributed by atoms with van der Waals surface area (Å²) in [5, 5.41) is 4.52. The van der Waals surface area contributed by atoms with Crippen LogP contribution in [0, 0.1) is 0 Å². The van der Waals surface area contributed by atoms with Gasteiger partial charge >= 0.3 is 0 Å². The van der Waals surface area contributed by atoms with Crippen LogP contribution >= 0.6 is 0 Å². The second-order valence-corrected chi connectivity index (χ2v) is 10.8. The van der Waals surface area contributed by atoms with Crippen molar-refractivity contribution >= 4 is 32.6 Å². The Bertz CT molecular complexity index is 1410. The first kappa shape index (κ1) is 27.3. The molecule has 2 aromatic heterocycles. The van der Waals surface area contributed by atoms with E-state index in [-0.39, 0.29) is 24.7 Å². The summed E-state index contributed by atoms with van der Waals surface area (Å²) in [4.78, 5) is 16.7. The van der Waals surface area contributed by atoms with E-state index in [1.54, 1.807) is 18.3 Å². The minimum Gasteiger partial charge on any atom is -0.475 e. The van der Waals surface area contributed by atoms with Gasteiger partial charge in [0.25, 0.3) is 10.1 Å². The van der Waals surface area contributed by atoms with Gasteiger partial charge in [0.15, 0.2) is 5.78 Å². The molecule has 1 atom stereocenters. The number of para-hydroxylation sites is 1. The Morgan fingerprint density at radius 3 is 2.55 bits per heavy atom. The first-order valence-corrected chi connectivity index (χ1v) is 14.3.